The van der Waals surface area contributed by atoms with Crippen LogP contribution in [-0.2, 0) is 20.2 Å². The summed E-state index contributed by atoms with van der Waals surface area (Å²) in [7, 11) is -2.20. The number of alkyl carbamates (subject to hydrolysis) is 1. The van der Waals surface area contributed by atoms with E-state index < -0.39 is 28.3 Å². The van der Waals surface area contributed by atoms with E-state index in [4.69, 9.17) is 33.4 Å². The SMILES string of the molecule is COc1cc(-c2cccc([C@H](CCCO[Si](C)(C)C(C)(C)C)NC(=O)OC(C)(C)C)n2)cc2c1cnn2-c1cccc(CO[Si](C)(C)C(C)(C)C)n1. The Hall–Kier alpha value is -3.59. The average Bonchev–Trinajstić information content (AvgIpc) is 3.47. The summed E-state index contributed by atoms with van der Waals surface area (Å²) in [6.07, 6.45) is 2.71. The van der Waals surface area contributed by atoms with E-state index in [1.165, 1.54) is 0 Å². The Morgan fingerprint density at radius 3 is 2.15 bits per heavy atom. The van der Waals surface area contributed by atoms with Gasteiger partial charge in [0, 0.05) is 12.2 Å². The molecule has 1 amide bonds. The number of benzene rings is 1. The molecule has 0 aliphatic heterocycles. The summed E-state index contributed by atoms with van der Waals surface area (Å²) in [5, 5.41) is 8.90. The molecule has 0 aliphatic carbocycles. The minimum absolute atomic E-state index is 0.103. The Balaban J connectivity index is 1.66. The molecule has 0 aliphatic rings. The zero-order chi connectivity index (χ0) is 38.7. The van der Waals surface area contributed by atoms with E-state index in [2.05, 4.69) is 79.1 Å². The molecule has 3 aromatic heterocycles. The molecule has 1 aromatic carbocycles. The minimum atomic E-state index is -1.95. The number of carbonyl (C=O) groups excluding carboxylic acids is 1. The van der Waals surface area contributed by atoms with Gasteiger partial charge in [-0.3, -0.25) is 4.98 Å². The fourth-order valence-corrected chi connectivity index (χ4v) is 7.14. The Bertz CT molecular complexity index is 1840. The van der Waals surface area contributed by atoms with Gasteiger partial charge >= 0.3 is 6.09 Å². The fraction of sp³-hybridized carbons (Fsp3) is 0.550. The van der Waals surface area contributed by atoms with Crippen molar-refractivity contribution in [2.45, 2.75) is 130 Å². The first-order valence-electron chi connectivity index (χ1n) is 18.3. The number of fused-ring (bicyclic) bond motifs is 1. The van der Waals surface area contributed by atoms with Gasteiger partial charge in [0.2, 0.25) is 0 Å². The van der Waals surface area contributed by atoms with Crippen LogP contribution < -0.4 is 10.1 Å². The van der Waals surface area contributed by atoms with Crippen molar-refractivity contribution in [3.05, 3.63) is 66.1 Å². The molecule has 52 heavy (non-hydrogen) atoms. The molecule has 4 aromatic rings. The number of carbonyl (C=O) groups is 1. The van der Waals surface area contributed by atoms with E-state index in [0.717, 1.165) is 40.0 Å². The normalized spacial score (nSPS) is 13.7. The largest absolute Gasteiger partial charge is 0.496 e. The highest BCUT2D eigenvalue weighted by Gasteiger charge is 2.38. The monoisotopic (exact) mass is 747 g/mol. The van der Waals surface area contributed by atoms with Crippen LogP contribution in [0.15, 0.2) is 54.7 Å². The molecule has 0 radical (unpaired) electrons. The maximum Gasteiger partial charge on any atom is 0.408 e. The standard InChI is InChI=1S/C40H61N5O5Si2/c1-38(2,3)50-37(46)44-33(21-17-23-48-51(11,12)39(4,5)6)32-20-16-19-31(43-32)28-24-34-30(35(25-28)47-10)26-41-45(34)36-22-15-18-29(42-36)27-49-52(13,14)40(7,8)9/h15-16,18-20,22,24-26,33H,17,21,23,27H2,1-14H3,(H,44,46)/t33-/m0/s1. The number of aromatic nitrogens is 4. The lowest BCUT2D eigenvalue weighted by Crippen LogP contribution is -2.41. The highest BCUT2D eigenvalue weighted by atomic mass is 28.4. The summed E-state index contributed by atoms with van der Waals surface area (Å²) >= 11 is 0. The van der Waals surface area contributed by atoms with Crippen molar-refractivity contribution in [2.24, 2.45) is 0 Å². The third-order valence-electron chi connectivity index (χ3n) is 10.3. The van der Waals surface area contributed by atoms with E-state index in [1.54, 1.807) is 13.3 Å². The maximum atomic E-state index is 13.0. The van der Waals surface area contributed by atoms with Gasteiger partial charge in [-0.1, -0.05) is 53.7 Å². The van der Waals surface area contributed by atoms with Crippen LogP contribution in [0.2, 0.25) is 36.3 Å². The Kier molecular flexibility index (Phi) is 12.5. The summed E-state index contributed by atoms with van der Waals surface area (Å²) < 4.78 is 26.3. The van der Waals surface area contributed by atoms with Crippen molar-refractivity contribution in [3.8, 4) is 22.8 Å². The van der Waals surface area contributed by atoms with Gasteiger partial charge in [-0.05, 0) is 106 Å². The van der Waals surface area contributed by atoms with E-state index >= 15 is 0 Å². The summed E-state index contributed by atoms with van der Waals surface area (Å²) in [5.74, 6) is 1.36. The van der Waals surface area contributed by atoms with E-state index in [0.29, 0.717) is 31.2 Å². The molecule has 0 bridgehead atoms. The second-order valence-electron chi connectivity index (χ2n) is 17.6. The highest BCUT2D eigenvalue weighted by Crippen LogP contribution is 2.38. The van der Waals surface area contributed by atoms with Crippen LogP contribution in [0.5, 0.6) is 5.75 Å². The fourth-order valence-electron chi connectivity index (χ4n) is 5.11. The number of hydrogen-bond acceptors (Lipinski definition) is 8. The first-order valence-corrected chi connectivity index (χ1v) is 24.1. The molecule has 1 atom stereocenters. The summed E-state index contributed by atoms with van der Waals surface area (Å²) in [5.41, 5.74) is 3.38. The quantitative estimate of drug-likeness (QED) is 0.106. The predicted octanol–water partition coefficient (Wildman–Crippen LogP) is 10.4. The molecule has 284 valence electrons. The first-order chi connectivity index (χ1) is 24.0. The lowest BCUT2D eigenvalue weighted by atomic mass is 10.0. The molecule has 12 heteroatoms. The van der Waals surface area contributed by atoms with Crippen molar-refractivity contribution >= 4 is 33.6 Å². The Morgan fingerprint density at radius 1 is 0.865 bits per heavy atom. The lowest BCUT2D eigenvalue weighted by molar-refractivity contribution is 0.0497. The number of rotatable bonds is 13. The van der Waals surface area contributed by atoms with Crippen LogP contribution in [0.25, 0.3) is 28.0 Å². The summed E-state index contributed by atoms with van der Waals surface area (Å²) in [6.45, 7) is 29.0. The third-order valence-corrected chi connectivity index (χ3v) is 19.3. The van der Waals surface area contributed by atoms with Gasteiger partial charge in [-0.25, -0.2) is 14.5 Å². The highest BCUT2D eigenvalue weighted by molar-refractivity contribution is 6.74. The van der Waals surface area contributed by atoms with Gasteiger partial charge < -0.3 is 23.6 Å². The molecule has 3 heterocycles. The molecule has 0 fully saturated rings. The van der Waals surface area contributed by atoms with Crippen molar-refractivity contribution in [2.75, 3.05) is 13.7 Å². The van der Waals surface area contributed by atoms with Crippen LogP contribution >= 0.6 is 0 Å². The number of ether oxygens (including phenoxy) is 2. The predicted molar refractivity (Wildman–Crippen MR) is 215 cm³/mol. The van der Waals surface area contributed by atoms with Crippen LogP contribution in [-0.4, -0.2) is 61.8 Å². The van der Waals surface area contributed by atoms with Gasteiger partial charge in [0.05, 0.1) is 53.9 Å². The minimum Gasteiger partial charge on any atom is -0.496 e. The van der Waals surface area contributed by atoms with E-state index in [9.17, 15) is 4.79 Å². The molecule has 0 saturated carbocycles. The van der Waals surface area contributed by atoms with Crippen LogP contribution in [0.3, 0.4) is 0 Å². The van der Waals surface area contributed by atoms with Gasteiger partial charge in [-0.15, -0.1) is 0 Å². The van der Waals surface area contributed by atoms with Crippen molar-refractivity contribution in [1.29, 1.82) is 0 Å². The zero-order valence-electron chi connectivity index (χ0n) is 33.9. The summed E-state index contributed by atoms with van der Waals surface area (Å²) in [4.78, 5) is 23.1. The Labute approximate surface area is 313 Å². The maximum absolute atomic E-state index is 13.0. The molecule has 0 spiro atoms. The van der Waals surface area contributed by atoms with E-state index in [1.807, 2.05) is 67.9 Å². The molecule has 4 rings (SSSR count). The first kappa shape index (κ1) is 41.2. The Morgan fingerprint density at radius 2 is 1.52 bits per heavy atom. The van der Waals surface area contributed by atoms with Gasteiger partial charge in [0.15, 0.2) is 22.5 Å². The molecular formula is C40H61N5O5Si2. The zero-order valence-corrected chi connectivity index (χ0v) is 35.9. The molecule has 0 saturated heterocycles. The number of amides is 1. The average molecular weight is 748 g/mol. The van der Waals surface area contributed by atoms with Gasteiger partial charge in [0.25, 0.3) is 0 Å². The number of nitrogens with one attached hydrogen (secondary N) is 1. The molecule has 1 N–H and O–H groups in total. The van der Waals surface area contributed by atoms with Crippen molar-refractivity contribution in [1.82, 2.24) is 25.1 Å². The summed E-state index contributed by atoms with van der Waals surface area (Å²) in [6, 6.07) is 15.5. The van der Waals surface area contributed by atoms with Crippen LogP contribution in [0, 0.1) is 0 Å². The molecule has 10 nitrogen and oxygen atoms in total. The van der Waals surface area contributed by atoms with Crippen LogP contribution in [0.1, 0.15) is 92.6 Å². The lowest BCUT2D eigenvalue weighted by Gasteiger charge is -2.36. The number of nitrogens with zero attached hydrogens (tertiary/aromatic N) is 4. The molecular weight excluding hydrogens is 687 g/mol. The number of hydrogen-bond donors (Lipinski definition) is 1. The van der Waals surface area contributed by atoms with E-state index in [-0.39, 0.29) is 16.1 Å². The van der Waals surface area contributed by atoms with Crippen molar-refractivity contribution < 1.29 is 23.1 Å². The second kappa shape index (κ2) is 15.8. The smallest absolute Gasteiger partial charge is 0.408 e. The number of pyridine rings is 2. The second-order valence-corrected chi connectivity index (χ2v) is 27.2. The topological polar surface area (TPSA) is 110 Å². The van der Waals surface area contributed by atoms with Gasteiger partial charge in [0.1, 0.15) is 11.4 Å². The third kappa shape index (κ3) is 10.3. The van der Waals surface area contributed by atoms with Gasteiger partial charge in [-0.2, -0.15) is 5.10 Å². The van der Waals surface area contributed by atoms with Crippen LogP contribution in [0.4, 0.5) is 4.79 Å². The number of methoxy groups -OCH3 is 1. The molecule has 0 unspecified atom stereocenters. The van der Waals surface area contributed by atoms with Crippen molar-refractivity contribution in [3.63, 3.8) is 0 Å².